The Labute approximate surface area is 76.3 Å². The lowest BCUT2D eigenvalue weighted by Gasteiger charge is -2.24. The molecule has 0 unspecified atom stereocenters. The summed E-state index contributed by atoms with van der Waals surface area (Å²) in [6.07, 6.45) is 5.23. The van der Waals surface area contributed by atoms with Crippen LogP contribution >= 0.6 is 11.8 Å². The van der Waals surface area contributed by atoms with E-state index in [1.807, 2.05) is 16.7 Å². The third kappa shape index (κ3) is 1.18. The van der Waals surface area contributed by atoms with Crippen LogP contribution in [0.2, 0.25) is 0 Å². The second-order valence-electron chi connectivity index (χ2n) is 2.94. The molecule has 0 aromatic heterocycles. The first-order chi connectivity index (χ1) is 5.79. The quantitative estimate of drug-likeness (QED) is 0.567. The van der Waals surface area contributed by atoms with Gasteiger partial charge in [0, 0.05) is 29.8 Å². The van der Waals surface area contributed by atoms with Crippen LogP contribution in [-0.2, 0) is 4.79 Å². The third-order valence-electron chi connectivity index (χ3n) is 2.14. The van der Waals surface area contributed by atoms with E-state index in [4.69, 9.17) is 0 Å². The molecule has 0 atom stereocenters. The summed E-state index contributed by atoms with van der Waals surface area (Å²) in [5, 5.41) is 0. The molecule has 0 fully saturated rings. The number of amides is 1. The Morgan fingerprint density at radius 1 is 1.67 bits per heavy atom. The molecule has 0 spiro atoms. The minimum absolute atomic E-state index is 0.161. The Morgan fingerprint density at radius 2 is 2.50 bits per heavy atom. The van der Waals surface area contributed by atoms with E-state index in [1.54, 1.807) is 6.92 Å². The largest absolute Gasteiger partial charge is 0.311 e. The van der Waals surface area contributed by atoms with Crippen molar-refractivity contribution in [2.24, 2.45) is 0 Å². The fourth-order valence-electron chi connectivity index (χ4n) is 1.57. The van der Waals surface area contributed by atoms with Crippen LogP contribution < -0.4 is 0 Å². The number of carbonyl (C=O) groups is 1. The lowest BCUT2D eigenvalue weighted by molar-refractivity contribution is -0.126. The van der Waals surface area contributed by atoms with Crippen molar-refractivity contribution in [1.29, 1.82) is 0 Å². The van der Waals surface area contributed by atoms with Crippen LogP contribution in [0.25, 0.3) is 0 Å². The summed E-state index contributed by atoms with van der Waals surface area (Å²) in [5.74, 6) is 1.29. The third-order valence-corrected chi connectivity index (χ3v) is 3.23. The molecule has 0 aromatic carbocycles. The second-order valence-corrected chi connectivity index (χ2v) is 4.08. The molecule has 2 aliphatic rings. The van der Waals surface area contributed by atoms with Gasteiger partial charge in [-0.05, 0) is 12.5 Å². The van der Waals surface area contributed by atoms with Gasteiger partial charge in [0.25, 0.3) is 0 Å². The molecule has 12 heavy (non-hydrogen) atoms. The smallest absolute Gasteiger partial charge is 0.223 e. The molecule has 0 N–H and O–H groups in total. The molecule has 0 radical (unpaired) electrons. The number of rotatable bonds is 0. The monoisotopic (exact) mass is 181 g/mol. The molecule has 0 aromatic rings. The van der Waals surface area contributed by atoms with Crippen molar-refractivity contribution in [3.05, 3.63) is 22.8 Å². The molecule has 2 nitrogen and oxygen atoms in total. The van der Waals surface area contributed by atoms with Crippen LogP contribution in [0.15, 0.2) is 22.8 Å². The van der Waals surface area contributed by atoms with Gasteiger partial charge in [0.05, 0.1) is 0 Å². The Hall–Kier alpha value is -0.700. The maximum atomic E-state index is 11.2. The Morgan fingerprint density at radius 3 is 3.25 bits per heavy atom. The Bertz CT molecular complexity index is 280. The van der Waals surface area contributed by atoms with Crippen molar-refractivity contribution in [2.75, 3.05) is 12.3 Å². The van der Waals surface area contributed by atoms with E-state index < -0.39 is 0 Å². The molecule has 0 saturated carbocycles. The minimum atomic E-state index is 0.161. The van der Waals surface area contributed by atoms with Gasteiger partial charge in [-0.1, -0.05) is 6.08 Å². The van der Waals surface area contributed by atoms with Crippen LogP contribution in [-0.4, -0.2) is 23.1 Å². The van der Waals surface area contributed by atoms with E-state index in [0.29, 0.717) is 0 Å². The number of thioether (sulfide) groups is 1. The van der Waals surface area contributed by atoms with Crippen molar-refractivity contribution in [2.45, 2.75) is 13.3 Å². The maximum Gasteiger partial charge on any atom is 0.223 e. The highest BCUT2D eigenvalue weighted by Crippen LogP contribution is 2.36. The van der Waals surface area contributed by atoms with Gasteiger partial charge in [0.1, 0.15) is 0 Å². The van der Waals surface area contributed by atoms with Gasteiger partial charge in [0.15, 0.2) is 0 Å². The fourth-order valence-corrected chi connectivity index (χ4v) is 2.66. The molecular weight excluding hydrogens is 170 g/mol. The number of hydrogen-bond donors (Lipinski definition) is 0. The molecule has 0 aliphatic carbocycles. The SMILES string of the molecule is CC(=O)N1CC=CC2=C1CCS2. The van der Waals surface area contributed by atoms with Gasteiger partial charge in [-0.15, -0.1) is 11.8 Å². The van der Waals surface area contributed by atoms with Crippen molar-refractivity contribution in [1.82, 2.24) is 4.90 Å². The van der Waals surface area contributed by atoms with Gasteiger partial charge in [0.2, 0.25) is 5.91 Å². The molecule has 3 heteroatoms. The zero-order chi connectivity index (χ0) is 8.55. The van der Waals surface area contributed by atoms with Crippen LogP contribution in [0.1, 0.15) is 13.3 Å². The summed E-state index contributed by atoms with van der Waals surface area (Å²) < 4.78 is 0. The van der Waals surface area contributed by atoms with Crippen LogP contribution in [0.4, 0.5) is 0 Å². The maximum absolute atomic E-state index is 11.2. The first-order valence-corrected chi connectivity index (χ1v) is 5.08. The first-order valence-electron chi connectivity index (χ1n) is 4.09. The molecule has 2 aliphatic heterocycles. The summed E-state index contributed by atoms with van der Waals surface area (Å²) in [4.78, 5) is 14.3. The predicted molar refractivity (Wildman–Crippen MR) is 50.6 cm³/mol. The molecule has 64 valence electrons. The summed E-state index contributed by atoms with van der Waals surface area (Å²) >= 11 is 1.85. The highest BCUT2D eigenvalue weighted by atomic mass is 32.2. The van der Waals surface area contributed by atoms with Crippen molar-refractivity contribution in [3.63, 3.8) is 0 Å². The van der Waals surface area contributed by atoms with Gasteiger partial charge in [-0.25, -0.2) is 0 Å². The van der Waals surface area contributed by atoms with E-state index >= 15 is 0 Å². The van der Waals surface area contributed by atoms with E-state index in [1.165, 1.54) is 10.6 Å². The number of nitrogens with zero attached hydrogens (tertiary/aromatic N) is 1. The molecule has 2 heterocycles. The standard InChI is InChI=1S/C9H11NOS/c1-7(11)10-5-2-3-9-8(10)4-6-12-9/h2-3H,4-6H2,1H3. The Kier molecular flexibility index (Phi) is 1.97. The highest BCUT2D eigenvalue weighted by molar-refractivity contribution is 8.03. The lowest BCUT2D eigenvalue weighted by atomic mass is 10.2. The summed E-state index contributed by atoms with van der Waals surface area (Å²) in [7, 11) is 0. The zero-order valence-electron chi connectivity index (χ0n) is 7.04. The molecule has 0 saturated heterocycles. The second kappa shape index (κ2) is 2.98. The normalized spacial score (nSPS) is 21.6. The molecule has 1 amide bonds. The fraction of sp³-hybridized carbons (Fsp3) is 0.444. The number of allylic oxidation sites excluding steroid dienone is 2. The van der Waals surface area contributed by atoms with Gasteiger partial charge < -0.3 is 4.90 Å². The van der Waals surface area contributed by atoms with Crippen LogP contribution in [0.5, 0.6) is 0 Å². The molecule has 2 rings (SSSR count). The number of hydrogen-bond acceptors (Lipinski definition) is 2. The van der Waals surface area contributed by atoms with Crippen molar-refractivity contribution in [3.8, 4) is 0 Å². The average molecular weight is 181 g/mol. The van der Waals surface area contributed by atoms with E-state index in [-0.39, 0.29) is 5.91 Å². The summed E-state index contributed by atoms with van der Waals surface area (Å²) in [5.41, 5.74) is 1.23. The highest BCUT2D eigenvalue weighted by Gasteiger charge is 2.23. The summed E-state index contributed by atoms with van der Waals surface area (Å²) in [6, 6.07) is 0. The van der Waals surface area contributed by atoms with Gasteiger partial charge in [-0.2, -0.15) is 0 Å². The van der Waals surface area contributed by atoms with Gasteiger partial charge in [-0.3, -0.25) is 4.79 Å². The molecule has 0 bridgehead atoms. The van der Waals surface area contributed by atoms with Crippen molar-refractivity contribution >= 4 is 17.7 Å². The van der Waals surface area contributed by atoms with E-state index in [2.05, 4.69) is 12.2 Å². The predicted octanol–water partition coefficient (Wildman–Crippen LogP) is 1.75. The minimum Gasteiger partial charge on any atom is -0.311 e. The summed E-state index contributed by atoms with van der Waals surface area (Å²) in [6.45, 7) is 2.39. The topological polar surface area (TPSA) is 20.3 Å². The van der Waals surface area contributed by atoms with Crippen molar-refractivity contribution < 1.29 is 4.79 Å². The van der Waals surface area contributed by atoms with Gasteiger partial charge >= 0.3 is 0 Å². The average Bonchev–Trinajstić information content (AvgIpc) is 2.49. The first kappa shape index (κ1) is 7.92. The number of carbonyl (C=O) groups excluding carboxylic acids is 1. The van der Waals surface area contributed by atoms with E-state index in [9.17, 15) is 4.79 Å². The van der Waals surface area contributed by atoms with E-state index in [0.717, 1.165) is 18.7 Å². The van der Waals surface area contributed by atoms with Crippen LogP contribution in [0.3, 0.4) is 0 Å². The lowest BCUT2D eigenvalue weighted by Crippen LogP contribution is -2.29. The zero-order valence-corrected chi connectivity index (χ0v) is 7.86. The Balaban J connectivity index is 2.29. The molecular formula is C9H11NOS. The van der Waals surface area contributed by atoms with Crippen LogP contribution in [0, 0.1) is 0 Å².